The van der Waals surface area contributed by atoms with Crippen LogP contribution in [0.4, 0.5) is 10.1 Å². The summed E-state index contributed by atoms with van der Waals surface area (Å²) in [5, 5.41) is 3.70. The fraction of sp³-hybridized carbons (Fsp3) is 0.167. The quantitative estimate of drug-likeness (QED) is 0.851. The number of hydrogen-bond acceptors (Lipinski definition) is 4. The first-order valence-corrected chi connectivity index (χ1v) is 7.89. The van der Waals surface area contributed by atoms with Gasteiger partial charge in [-0.25, -0.2) is 17.5 Å². The van der Waals surface area contributed by atoms with Crippen LogP contribution < -0.4 is 10.5 Å². The van der Waals surface area contributed by atoms with E-state index >= 15 is 0 Å². The van der Waals surface area contributed by atoms with Gasteiger partial charge in [-0.05, 0) is 41.4 Å². The van der Waals surface area contributed by atoms with Gasteiger partial charge in [0.1, 0.15) is 5.82 Å². The van der Waals surface area contributed by atoms with Crippen molar-refractivity contribution in [2.45, 2.75) is 18.4 Å². The van der Waals surface area contributed by atoms with Crippen molar-refractivity contribution in [1.82, 2.24) is 4.72 Å². The van der Waals surface area contributed by atoms with Crippen LogP contribution in [0, 0.1) is 12.7 Å². The molecule has 3 N–H and O–H groups in total. The summed E-state index contributed by atoms with van der Waals surface area (Å²) in [7, 11) is -3.78. The van der Waals surface area contributed by atoms with E-state index in [9.17, 15) is 12.8 Å². The lowest BCUT2D eigenvalue weighted by Gasteiger charge is -2.10. The molecular weight excluding hydrogens is 287 g/mol. The molecule has 7 heteroatoms. The van der Waals surface area contributed by atoms with Crippen LogP contribution in [0.25, 0.3) is 0 Å². The van der Waals surface area contributed by atoms with Gasteiger partial charge < -0.3 is 5.73 Å². The zero-order valence-corrected chi connectivity index (χ0v) is 11.8. The predicted octanol–water partition coefficient (Wildman–Crippen LogP) is 2.26. The number of hydrogen-bond donors (Lipinski definition) is 2. The van der Waals surface area contributed by atoms with E-state index in [1.165, 1.54) is 24.3 Å². The molecule has 0 aliphatic heterocycles. The lowest BCUT2D eigenvalue weighted by molar-refractivity contribution is 0.574. The first kappa shape index (κ1) is 14.0. The molecule has 2 aromatic rings. The molecule has 0 amide bonds. The smallest absolute Gasteiger partial charge is 0.241 e. The highest BCUT2D eigenvalue weighted by atomic mass is 32.2. The summed E-state index contributed by atoms with van der Waals surface area (Å²) >= 11 is 1.48. The van der Waals surface area contributed by atoms with Crippen LogP contribution in [-0.4, -0.2) is 8.42 Å². The fourth-order valence-electron chi connectivity index (χ4n) is 1.60. The van der Waals surface area contributed by atoms with Gasteiger partial charge >= 0.3 is 0 Å². The summed E-state index contributed by atoms with van der Waals surface area (Å²) in [4.78, 5) is -0.125. The Balaban J connectivity index is 2.29. The van der Waals surface area contributed by atoms with Crippen molar-refractivity contribution < 1.29 is 12.8 Å². The van der Waals surface area contributed by atoms with E-state index in [2.05, 4.69) is 4.72 Å². The highest BCUT2D eigenvalue weighted by molar-refractivity contribution is 7.89. The second-order valence-corrected chi connectivity index (χ2v) is 6.60. The Kier molecular flexibility index (Phi) is 3.88. The highest BCUT2D eigenvalue weighted by Gasteiger charge is 2.19. The van der Waals surface area contributed by atoms with Crippen molar-refractivity contribution in [1.29, 1.82) is 0 Å². The van der Waals surface area contributed by atoms with Crippen molar-refractivity contribution in [3.63, 3.8) is 0 Å². The minimum absolute atomic E-state index is 0.0621. The molecule has 0 fully saturated rings. The number of nitrogen functional groups attached to an aromatic ring is 1. The minimum atomic E-state index is -3.78. The zero-order chi connectivity index (χ0) is 14.0. The maximum absolute atomic E-state index is 13.5. The van der Waals surface area contributed by atoms with Crippen molar-refractivity contribution in [3.05, 3.63) is 45.9 Å². The molecule has 0 saturated heterocycles. The number of halogens is 1. The molecule has 0 aliphatic carbocycles. The van der Waals surface area contributed by atoms with Crippen LogP contribution in [0.15, 0.2) is 33.9 Å². The van der Waals surface area contributed by atoms with Crippen LogP contribution in [-0.2, 0) is 16.6 Å². The number of benzene rings is 1. The average molecular weight is 300 g/mol. The molecule has 19 heavy (non-hydrogen) atoms. The van der Waals surface area contributed by atoms with Crippen molar-refractivity contribution in [3.8, 4) is 0 Å². The van der Waals surface area contributed by atoms with Gasteiger partial charge in [-0.3, -0.25) is 0 Å². The maximum Gasteiger partial charge on any atom is 0.241 e. The number of thiophene rings is 1. The summed E-state index contributed by atoms with van der Waals surface area (Å²) in [6, 6.07) is 4.18. The Morgan fingerprint density at radius 3 is 2.79 bits per heavy atom. The third-order valence-corrected chi connectivity index (χ3v) is 4.91. The fourth-order valence-corrected chi connectivity index (χ4v) is 3.57. The third kappa shape index (κ3) is 3.12. The van der Waals surface area contributed by atoms with Gasteiger partial charge in [0.25, 0.3) is 0 Å². The lowest BCUT2D eigenvalue weighted by Crippen LogP contribution is -2.24. The molecule has 0 unspecified atom stereocenters. The number of sulfonamides is 1. The molecule has 0 radical (unpaired) electrons. The number of rotatable bonds is 4. The van der Waals surface area contributed by atoms with Crippen LogP contribution in [0.5, 0.6) is 0 Å². The summed E-state index contributed by atoms with van der Waals surface area (Å²) in [6.07, 6.45) is 0. The van der Waals surface area contributed by atoms with E-state index in [1.807, 2.05) is 16.8 Å². The molecule has 1 heterocycles. The molecule has 0 bridgehead atoms. The van der Waals surface area contributed by atoms with Crippen LogP contribution in [0.2, 0.25) is 0 Å². The topological polar surface area (TPSA) is 72.2 Å². The monoisotopic (exact) mass is 300 g/mol. The molecule has 102 valence electrons. The van der Waals surface area contributed by atoms with Gasteiger partial charge in [-0.2, -0.15) is 11.3 Å². The number of nitrogens with one attached hydrogen (secondary N) is 1. The van der Waals surface area contributed by atoms with E-state index in [1.54, 1.807) is 0 Å². The van der Waals surface area contributed by atoms with Crippen LogP contribution in [0.1, 0.15) is 11.1 Å². The summed E-state index contributed by atoms with van der Waals surface area (Å²) in [5.74, 6) is -0.629. The molecule has 1 aromatic heterocycles. The van der Waals surface area contributed by atoms with Gasteiger partial charge in [0, 0.05) is 17.8 Å². The summed E-state index contributed by atoms with van der Waals surface area (Å²) in [5.41, 5.74) is 6.49. The zero-order valence-electron chi connectivity index (χ0n) is 10.2. The Bertz CT molecular complexity index is 682. The van der Waals surface area contributed by atoms with Gasteiger partial charge in [0.05, 0.1) is 4.90 Å². The van der Waals surface area contributed by atoms with Crippen LogP contribution >= 0.6 is 11.3 Å². The molecule has 0 saturated carbocycles. The molecule has 0 spiro atoms. The van der Waals surface area contributed by atoms with Gasteiger partial charge in [-0.1, -0.05) is 0 Å². The SMILES string of the molecule is Cc1c(F)cc(N)cc1S(=O)(=O)NCc1ccsc1. The van der Waals surface area contributed by atoms with E-state index in [0.717, 1.165) is 11.6 Å². The standard InChI is InChI=1S/C12H13FN2O2S2/c1-8-11(13)4-10(14)5-12(8)19(16,17)15-6-9-2-3-18-7-9/h2-5,7,15H,6,14H2,1H3. The van der Waals surface area contributed by atoms with E-state index < -0.39 is 15.8 Å². The molecule has 0 atom stereocenters. The van der Waals surface area contributed by atoms with E-state index in [4.69, 9.17) is 5.73 Å². The minimum Gasteiger partial charge on any atom is -0.399 e. The summed E-state index contributed by atoms with van der Waals surface area (Å²) in [6.45, 7) is 1.58. The first-order valence-electron chi connectivity index (χ1n) is 5.46. The van der Waals surface area contributed by atoms with E-state index in [-0.39, 0.29) is 22.7 Å². The number of anilines is 1. The maximum atomic E-state index is 13.5. The second-order valence-electron chi connectivity index (χ2n) is 4.08. The normalized spacial score (nSPS) is 11.7. The Morgan fingerprint density at radius 1 is 1.42 bits per heavy atom. The van der Waals surface area contributed by atoms with Gasteiger partial charge in [0.15, 0.2) is 0 Å². The average Bonchev–Trinajstić information content (AvgIpc) is 2.84. The third-order valence-electron chi connectivity index (χ3n) is 2.65. The molecule has 4 nitrogen and oxygen atoms in total. The molecule has 2 rings (SSSR count). The Hall–Kier alpha value is -1.44. The van der Waals surface area contributed by atoms with Gasteiger partial charge in [0.2, 0.25) is 10.0 Å². The predicted molar refractivity (Wildman–Crippen MR) is 73.9 cm³/mol. The molecular formula is C12H13FN2O2S2. The lowest BCUT2D eigenvalue weighted by atomic mass is 10.2. The van der Waals surface area contributed by atoms with E-state index in [0.29, 0.717) is 0 Å². The van der Waals surface area contributed by atoms with Crippen molar-refractivity contribution in [2.75, 3.05) is 5.73 Å². The molecule has 1 aromatic carbocycles. The Morgan fingerprint density at radius 2 is 2.16 bits per heavy atom. The number of nitrogens with two attached hydrogens (primary N) is 1. The van der Waals surface area contributed by atoms with Gasteiger partial charge in [-0.15, -0.1) is 0 Å². The highest BCUT2D eigenvalue weighted by Crippen LogP contribution is 2.22. The second kappa shape index (κ2) is 5.28. The van der Waals surface area contributed by atoms with Crippen molar-refractivity contribution >= 4 is 27.0 Å². The largest absolute Gasteiger partial charge is 0.399 e. The van der Waals surface area contributed by atoms with Crippen LogP contribution in [0.3, 0.4) is 0 Å². The Labute approximate surface area is 115 Å². The molecule has 0 aliphatic rings. The van der Waals surface area contributed by atoms with Crippen molar-refractivity contribution in [2.24, 2.45) is 0 Å². The first-order chi connectivity index (χ1) is 8.90. The summed E-state index contributed by atoms with van der Waals surface area (Å²) < 4.78 is 40.2.